The van der Waals surface area contributed by atoms with Crippen molar-refractivity contribution < 1.29 is 9.53 Å². The van der Waals surface area contributed by atoms with Gasteiger partial charge in [0.15, 0.2) is 5.82 Å². The number of anilines is 2. The molecule has 1 aliphatic heterocycles. The third-order valence-corrected chi connectivity index (χ3v) is 4.50. The Bertz CT molecular complexity index is 827. The molecule has 0 saturated carbocycles. The molecule has 1 saturated heterocycles. The van der Waals surface area contributed by atoms with Gasteiger partial charge in [-0.1, -0.05) is 0 Å². The number of morpholine rings is 1. The van der Waals surface area contributed by atoms with Crippen molar-refractivity contribution in [3.05, 3.63) is 22.8 Å². The molecule has 0 aromatic carbocycles. The monoisotopic (exact) mass is 374 g/mol. The van der Waals surface area contributed by atoms with E-state index >= 15 is 0 Å². The van der Waals surface area contributed by atoms with Gasteiger partial charge >= 0.3 is 0 Å². The average Bonchev–Trinajstić information content (AvgIpc) is 2.92. The Hall–Kier alpha value is -2.75. The first-order valence-electron chi connectivity index (χ1n) is 8.90. The van der Waals surface area contributed by atoms with E-state index in [2.05, 4.69) is 30.3 Å². The minimum Gasteiger partial charge on any atom is -0.378 e. The van der Waals surface area contributed by atoms with Crippen molar-refractivity contribution in [2.45, 2.75) is 20.4 Å². The number of nitrogens with one attached hydrogen (secondary N) is 1. The zero-order chi connectivity index (χ0) is 19.6. The second-order valence-electron chi connectivity index (χ2n) is 6.70. The van der Waals surface area contributed by atoms with E-state index in [1.54, 1.807) is 4.68 Å². The zero-order valence-electron chi connectivity index (χ0n) is 16.5. The number of carbonyl (C=O) groups is 1. The number of aryl methyl sites for hydroxylation is 2. The number of aromatic nitrogens is 5. The average molecular weight is 374 g/mol. The van der Waals surface area contributed by atoms with Crippen LogP contribution in [0.15, 0.2) is 0 Å². The molecule has 0 bridgehead atoms. The van der Waals surface area contributed by atoms with Crippen molar-refractivity contribution in [1.29, 1.82) is 0 Å². The van der Waals surface area contributed by atoms with Gasteiger partial charge in [-0.25, -0.2) is 0 Å². The molecule has 3 heterocycles. The Kier molecular flexibility index (Phi) is 5.54. The van der Waals surface area contributed by atoms with Gasteiger partial charge in [-0.3, -0.25) is 9.48 Å². The Labute approximate surface area is 158 Å². The summed E-state index contributed by atoms with van der Waals surface area (Å²) in [6, 6.07) is 0. The molecule has 1 fully saturated rings. The summed E-state index contributed by atoms with van der Waals surface area (Å²) in [6.45, 7) is 6.67. The van der Waals surface area contributed by atoms with Crippen LogP contribution in [0.25, 0.3) is 0 Å². The van der Waals surface area contributed by atoms with E-state index in [4.69, 9.17) is 4.74 Å². The molecule has 0 spiro atoms. The number of rotatable bonds is 5. The standard InChI is InChI=1S/C17H26N8O2/c1-11-14(12(2)24(5)22-11)15(26)18-10-13-19-16(23(3)4)21-17(20-13)25-6-8-27-9-7-25/h6-10H2,1-5H3,(H,18,26). The third kappa shape index (κ3) is 4.16. The molecular formula is C17H26N8O2. The lowest BCUT2D eigenvalue weighted by Crippen LogP contribution is -2.38. The van der Waals surface area contributed by atoms with Crippen LogP contribution in [-0.2, 0) is 18.3 Å². The largest absolute Gasteiger partial charge is 0.378 e. The smallest absolute Gasteiger partial charge is 0.255 e. The maximum Gasteiger partial charge on any atom is 0.255 e. The molecule has 3 rings (SSSR count). The minimum absolute atomic E-state index is 0.183. The Morgan fingerprint density at radius 3 is 2.48 bits per heavy atom. The number of carbonyl (C=O) groups excluding carboxylic acids is 1. The van der Waals surface area contributed by atoms with Crippen LogP contribution >= 0.6 is 0 Å². The normalized spacial score (nSPS) is 14.3. The first-order chi connectivity index (χ1) is 12.9. The summed E-state index contributed by atoms with van der Waals surface area (Å²) in [7, 11) is 5.58. The second-order valence-corrected chi connectivity index (χ2v) is 6.70. The molecule has 1 aliphatic rings. The highest BCUT2D eigenvalue weighted by atomic mass is 16.5. The third-order valence-electron chi connectivity index (χ3n) is 4.50. The molecule has 0 atom stereocenters. The molecule has 0 radical (unpaired) electrons. The van der Waals surface area contributed by atoms with Gasteiger partial charge in [0.05, 0.1) is 31.0 Å². The van der Waals surface area contributed by atoms with E-state index in [-0.39, 0.29) is 12.5 Å². The van der Waals surface area contributed by atoms with E-state index in [9.17, 15) is 4.79 Å². The van der Waals surface area contributed by atoms with Gasteiger partial charge in [0.25, 0.3) is 5.91 Å². The molecule has 1 N–H and O–H groups in total. The highest BCUT2D eigenvalue weighted by molar-refractivity contribution is 5.96. The summed E-state index contributed by atoms with van der Waals surface area (Å²) in [5.74, 6) is 1.50. The number of nitrogens with zero attached hydrogens (tertiary/aromatic N) is 7. The summed E-state index contributed by atoms with van der Waals surface area (Å²) in [6.07, 6.45) is 0. The SMILES string of the molecule is Cc1nn(C)c(C)c1C(=O)NCc1nc(N(C)C)nc(N2CCOCC2)n1. The number of ether oxygens (including phenoxy) is 1. The first-order valence-corrected chi connectivity index (χ1v) is 8.90. The number of hydrogen-bond donors (Lipinski definition) is 1. The lowest BCUT2D eigenvalue weighted by Gasteiger charge is -2.27. The molecule has 2 aromatic heterocycles. The van der Waals surface area contributed by atoms with E-state index in [1.165, 1.54) is 0 Å². The van der Waals surface area contributed by atoms with Crippen LogP contribution in [0.4, 0.5) is 11.9 Å². The van der Waals surface area contributed by atoms with Gasteiger partial charge in [0.1, 0.15) is 0 Å². The minimum atomic E-state index is -0.183. The van der Waals surface area contributed by atoms with Gasteiger partial charge in [0, 0.05) is 39.9 Å². The fourth-order valence-electron chi connectivity index (χ4n) is 2.93. The molecule has 0 aliphatic carbocycles. The van der Waals surface area contributed by atoms with Crippen LogP contribution in [0.3, 0.4) is 0 Å². The Morgan fingerprint density at radius 1 is 1.19 bits per heavy atom. The van der Waals surface area contributed by atoms with Gasteiger partial charge in [0.2, 0.25) is 11.9 Å². The molecule has 10 heteroatoms. The molecule has 10 nitrogen and oxygen atoms in total. The number of amides is 1. The lowest BCUT2D eigenvalue weighted by molar-refractivity contribution is 0.0948. The molecule has 2 aromatic rings. The van der Waals surface area contributed by atoms with Crippen LogP contribution in [0, 0.1) is 13.8 Å². The van der Waals surface area contributed by atoms with Crippen molar-refractivity contribution in [1.82, 2.24) is 30.0 Å². The zero-order valence-corrected chi connectivity index (χ0v) is 16.5. The van der Waals surface area contributed by atoms with Crippen LogP contribution in [0.5, 0.6) is 0 Å². The lowest BCUT2D eigenvalue weighted by atomic mass is 10.2. The molecular weight excluding hydrogens is 348 g/mol. The van der Waals surface area contributed by atoms with Crippen LogP contribution in [0.1, 0.15) is 27.6 Å². The quantitative estimate of drug-likeness (QED) is 0.784. The molecule has 146 valence electrons. The Balaban J connectivity index is 1.79. The van der Waals surface area contributed by atoms with E-state index in [0.29, 0.717) is 42.2 Å². The van der Waals surface area contributed by atoms with Gasteiger partial charge in [-0.15, -0.1) is 0 Å². The summed E-state index contributed by atoms with van der Waals surface area (Å²) in [4.78, 5) is 30.0. The summed E-state index contributed by atoms with van der Waals surface area (Å²) < 4.78 is 7.10. The summed E-state index contributed by atoms with van der Waals surface area (Å²) >= 11 is 0. The van der Waals surface area contributed by atoms with Crippen LogP contribution in [-0.4, -0.2) is 71.0 Å². The van der Waals surface area contributed by atoms with E-state index < -0.39 is 0 Å². The van der Waals surface area contributed by atoms with Gasteiger partial charge < -0.3 is 19.9 Å². The van der Waals surface area contributed by atoms with Crippen molar-refractivity contribution >= 4 is 17.8 Å². The predicted molar refractivity (Wildman–Crippen MR) is 101 cm³/mol. The van der Waals surface area contributed by atoms with Gasteiger partial charge in [-0.2, -0.15) is 20.1 Å². The fraction of sp³-hybridized carbons (Fsp3) is 0.588. The summed E-state index contributed by atoms with van der Waals surface area (Å²) in [5.41, 5.74) is 2.11. The fourth-order valence-corrected chi connectivity index (χ4v) is 2.93. The Morgan fingerprint density at radius 2 is 1.89 bits per heavy atom. The van der Waals surface area contributed by atoms with E-state index in [1.807, 2.05) is 39.9 Å². The van der Waals surface area contributed by atoms with Crippen molar-refractivity contribution in [2.75, 3.05) is 50.2 Å². The van der Waals surface area contributed by atoms with Crippen LogP contribution in [0.2, 0.25) is 0 Å². The molecule has 1 amide bonds. The summed E-state index contributed by atoms with van der Waals surface area (Å²) in [5, 5.41) is 7.19. The predicted octanol–water partition coefficient (Wildman–Crippen LogP) is 0.0545. The number of hydrogen-bond acceptors (Lipinski definition) is 8. The highest BCUT2D eigenvalue weighted by Crippen LogP contribution is 2.15. The maximum atomic E-state index is 12.6. The maximum absolute atomic E-state index is 12.6. The topological polar surface area (TPSA) is 101 Å². The second kappa shape index (κ2) is 7.87. The van der Waals surface area contributed by atoms with Crippen molar-refractivity contribution in [3.8, 4) is 0 Å². The van der Waals surface area contributed by atoms with Gasteiger partial charge in [-0.05, 0) is 13.8 Å². The molecule has 27 heavy (non-hydrogen) atoms. The molecule has 0 unspecified atom stereocenters. The highest BCUT2D eigenvalue weighted by Gasteiger charge is 2.20. The van der Waals surface area contributed by atoms with E-state index in [0.717, 1.165) is 18.8 Å². The van der Waals surface area contributed by atoms with Crippen molar-refractivity contribution in [3.63, 3.8) is 0 Å². The first kappa shape index (κ1) is 19.0. The van der Waals surface area contributed by atoms with Crippen molar-refractivity contribution in [2.24, 2.45) is 7.05 Å². The van der Waals surface area contributed by atoms with Crippen LogP contribution < -0.4 is 15.1 Å².